The molecule has 0 fully saturated rings. The van der Waals surface area contributed by atoms with E-state index in [1.165, 1.54) is 15.9 Å². The Labute approximate surface area is 271 Å². The largest absolute Gasteiger partial charge is 0.242 e. The molecule has 6 rings (SSSR count). The van der Waals surface area contributed by atoms with Gasteiger partial charge in [0.15, 0.2) is 0 Å². The average Bonchev–Trinajstić information content (AvgIpc) is 3.09. The Morgan fingerprint density at radius 2 is 0.956 bits per heavy atom. The van der Waals surface area contributed by atoms with Gasteiger partial charge < -0.3 is 0 Å². The van der Waals surface area contributed by atoms with Gasteiger partial charge >= 0.3 is 0 Å². The maximum absolute atomic E-state index is 14.0. The molecule has 0 aliphatic heterocycles. The molecule has 0 heterocycles. The van der Waals surface area contributed by atoms with Crippen molar-refractivity contribution in [2.45, 2.75) is 31.6 Å². The van der Waals surface area contributed by atoms with Crippen LogP contribution >= 0.6 is 7.92 Å². The van der Waals surface area contributed by atoms with Crippen LogP contribution in [0.15, 0.2) is 164 Å². The van der Waals surface area contributed by atoms with Crippen LogP contribution in [0.2, 0.25) is 0 Å². The van der Waals surface area contributed by atoms with E-state index in [9.17, 15) is 4.21 Å². The third-order valence-corrected chi connectivity index (χ3v) is 11.9. The minimum atomic E-state index is -1.32. The Bertz CT molecular complexity index is 1770. The molecule has 0 amide bonds. The van der Waals surface area contributed by atoms with E-state index in [4.69, 9.17) is 0 Å². The van der Waals surface area contributed by atoms with Crippen LogP contribution in [0.4, 0.5) is 0 Å². The normalized spacial score (nSPS) is 13.0. The van der Waals surface area contributed by atoms with Gasteiger partial charge in [0.1, 0.15) is 0 Å². The maximum Gasteiger partial charge on any atom is 0.0979 e. The first-order valence-electron chi connectivity index (χ1n) is 15.3. The number of benzene rings is 6. The standard InChI is InChI=1S/C41H38NOPS/c1-41(2,3)45(43)42-40(35-29-33(31-18-8-4-9-19-31)28-34(30-35)32-20-10-5-11-21-32)38-26-16-17-27-39(38)44(36-22-12-6-13-23-36)37-24-14-7-15-25-37/h4-30,40,42H,1-3H3/t40-,45?/m1/s1. The van der Waals surface area contributed by atoms with E-state index < -0.39 is 23.7 Å². The Morgan fingerprint density at radius 3 is 1.42 bits per heavy atom. The van der Waals surface area contributed by atoms with E-state index in [1.54, 1.807) is 0 Å². The molecule has 0 saturated carbocycles. The first-order valence-corrected chi connectivity index (χ1v) is 17.8. The van der Waals surface area contributed by atoms with Gasteiger partial charge in [-0.2, -0.15) is 0 Å². The molecular formula is C41H38NOPS. The van der Waals surface area contributed by atoms with Crippen molar-refractivity contribution >= 4 is 34.8 Å². The summed E-state index contributed by atoms with van der Waals surface area (Å²) in [6.07, 6.45) is 0. The van der Waals surface area contributed by atoms with E-state index in [2.05, 4.69) is 156 Å². The summed E-state index contributed by atoms with van der Waals surface area (Å²) in [6, 6.07) is 57.8. The predicted molar refractivity (Wildman–Crippen MR) is 195 cm³/mol. The van der Waals surface area contributed by atoms with Crippen LogP contribution in [0, 0.1) is 0 Å². The van der Waals surface area contributed by atoms with E-state index in [0.717, 1.165) is 33.4 Å². The molecule has 224 valence electrons. The van der Waals surface area contributed by atoms with Crippen LogP contribution < -0.4 is 20.6 Å². The van der Waals surface area contributed by atoms with Gasteiger partial charge in [-0.25, -0.2) is 8.93 Å². The van der Waals surface area contributed by atoms with Gasteiger partial charge in [-0.15, -0.1) is 0 Å². The van der Waals surface area contributed by atoms with Crippen LogP contribution in [0.3, 0.4) is 0 Å². The molecule has 2 atom stereocenters. The maximum atomic E-state index is 14.0. The van der Waals surface area contributed by atoms with Gasteiger partial charge in [0.05, 0.1) is 21.8 Å². The van der Waals surface area contributed by atoms with Crippen molar-refractivity contribution in [3.8, 4) is 22.3 Å². The lowest BCUT2D eigenvalue weighted by molar-refractivity contribution is 0.624. The molecule has 0 spiro atoms. The number of hydrogen-bond acceptors (Lipinski definition) is 1. The molecule has 45 heavy (non-hydrogen) atoms. The number of rotatable bonds is 9. The molecule has 0 aromatic heterocycles. The van der Waals surface area contributed by atoms with Crippen LogP contribution in [-0.4, -0.2) is 8.96 Å². The third-order valence-electron chi connectivity index (χ3n) is 7.80. The number of nitrogens with one attached hydrogen (secondary N) is 1. The second-order valence-corrected chi connectivity index (χ2v) is 16.3. The van der Waals surface area contributed by atoms with Crippen molar-refractivity contribution in [1.29, 1.82) is 0 Å². The second kappa shape index (κ2) is 13.9. The van der Waals surface area contributed by atoms with Gasteiger partial charge in [-0.05, 0) is 96.2 Å². The van der Waals surface area contributed by atoms with Crippen LogP contribution in [0.25, 0.3) is 22.3 Å². The molecule has 0 aliphatic carbocycles. The Balaban J connectivity index is 1.60. The molecular weight excluding hydrogens is 585 g/mol. The molecule has 0 radical (unpaired) electrons. The van der Waals surface area contributed by atoms with E-state index in [-0.39, 0.29) is 6.04 Å². The zero-order valence-corrected chi connectivity index (χ0v) is 27.6. The predicted octanol–water partition coefficient (Wildman–Crippen LogP) is 8.92. The summed E-state index contributed by atoms with van der Waals surface area (Å²) in [5, 5.41) is 3.81. The fourth-order valence-electron chi connectivity index (χ4n) is 5.52. The van der Waals surface area contributed by atoms with Gasteiger partial charge in [-0.3, -0.25) is 0 Å². The first-order chi connectivity index (χ1) is 21.9. The minimum absolute atomic E-state index is 0.315. The van der Waals surface area contributed by atoms with Crippen LogP contribution in [0.1, 0.15) is 37.9 Å². The van der Waals surface area contributed by atoms with Crippen molar-refractivity contribution in [1.82, 2.24) is 4.72 Å². The van der Waals surface area contributed by atoms with Crippen molar-refractivity contribution < 1.29 is 4.21 Å². The third kappa shape index (κ3) is 7.24. The summed E-state index contributed by atoms with van der Waals surface area (Å²) in [5.41, 5.74) is 6.78. The summed E-state index contributed by atoms with van der Waals surface area (Å²) >= 11 is 0. The summed E-state index contributed by atoms with van der Waals surface area (Å²) in [4.78, 5) is 0. The summed E-state index contributed by atoms with van der Waals surface area (Å²) in [7, 11) is -2.21. The van der Waals surface area contributed by atoms with Crippen molar-refractivity contribution in [3.63, 3.8) is 0 Å². The highest BCUT2D eigenvalue weighted by molar-refractivity contribution is 7.84. The zero-order chi connectivity index (χ0) is 31.2. The van der Waals surface area contributed by atoms with Crippen molar-refractivity contribution in [3.05, 3.63) is 175 Å². The molecule has 6 aromatic carbocycles. The Kier molecular flexibility index (Phi) is 9.52. The lowest BCUT2D eigenvalue weighted by Crippen LogP contribution is -2.38. The van der Waals surface area contributed by atoms with Gasteiger partial charge in [0.2, 0.25) is 0 Å². The summed E-state index contributed by atoms with van der Waals surface area (Å²) in [5.74, 6) is 0. The van der Waals surface area contributed by atoms with E-state index in [1.807, 2.05) is 32.9 Å². The Hall–Kier alpha value is -4.14. The first kappa shape index (κ1) is 30.9. The topological polar surface area (TPSA) is 29.1 Å². The highest BCUT2D eigenvalue weighted by Crippen LogP contribution is 2.39. The van der Waals surface area contributed by atoms with Crippen molar-refractivity contribution in [2.75, 3.05) is 0 Å². The smallest absolute Gasteiger partial charge is 0.0979 e. The van der Waals surface area contributed by atoms with E-state index in [0.29, 0.717) is 0 Å². The minimum Gasteiger partial charge on any atom is -0.242 e. The molecule has 0 aliphatic rings. The number of hydrogen-bond donors (Lipinski definition) is 1. The second-order valence-electron chi connectivity index (χ2n) is 12.1. The van der Waals surface area contributed by atoms with Crippen LogP contribution in [-0.2, 0) is 11.0 Å². The lowest BCUT2D eigenvalue weighted by Gasteiger charge is -2.30. The van der Waals surface area contributed by atoms with Crippen LogP contribution in [0.5, 0.6) is 0 Å². The quantitative estimate of drug-likeness (QED) is 0.160. The average molecular weight is 624 g/mol. The van der Waals surface area contributed by atoms with E-state index >= 15 is 0 Å². The van der Waals surface area contributed by atoms with Crippen molar-refractivity contribution in [2.24, 2.45) is 0 Å². The zero-order valence-electron chi connectivity index (χ0n) is 25.9. The molecule has 6 aromatic rings. The molecule has 1 unspecified atom stereocenters. The fourth-order valence-corrected chi connectivity index (χ4v) is 8.85. The molecule has 4 heteroatoms. The molecule has 1 N–H and O–H groups in total. The fraction of sp³-hybridized carbons (Fsp3) is 0.122. The monoisotopic (exact) mass is 623 g/mol. The summed E-state index contributed by atoms with van der Waals surface area (Å²) in [6.45, 7) is 6.07. The highest BCUT2D eigenvalue weighted by atomic mass is 32.2. The van der Waals surface area contributed by atoms with Gasteiger partial charge in [0.25, 0.3) is 0 Å². The highest BCUT2D eigenvalue weighted by Gasteiger charge is 2.29. The SMILES string of the molecule is CC(C)(C)S(=O)N[C@H](c1cc(-c2ccccc2)cc(-c2ccccc2)c1)c1ccccc1P(c1ccccc1)c1ccccc1. The van der Waals surface area contributed by atoms with Gasteiger partial charge in [0, 0.05) is 0 Å². The molecule has 0 saturated heterocycles. The Morgan fingerprint density at radius 1 is 0.533 bits per heavy atom. The molecule has 2 nitrogen and oxygen atoms in total. The summed E-state index contributed by atoms with van der Waals surface area (Å²) < 4.78 is 17.1. The van der Waals surface area contributed by atoms with Gasteiger partial charge in [-0.1, -0.05) is 146 Å². The lowest BCUT2D eigenvalue weighted by atomic mass is 9.91. The molecule has 0 bridgehead atoms.